The van der Waals surface area contributed by atoms with Crippen molar-refractivity contribution >= 4 is 28.9 Å². The van der Waals surface area contributed by atoms with Crippen molar-refractivity contribution in [2.75, 3.05) is 29.6 Å². The molecule has 1 heterocycles. The third-order valence-electron chi connectivity index (χ3n) is 4.76. The molecule has 2 amide bonds. The molecule has 0 bridgehead atoms. The van der Waals surface area contributed by atoms with E-state index < -0.39 is 0 Å². The molecular weight excluding hydrogens is 364 g/mol. The molecule has 2 N–H and O–H groups in total. The van der Waals surface area contributed by atoms with Gasteiger partial charge in [0.15, 0.2) is 0 Å². The van der Waals surface area contributed by atoms with Crippen LogP contribution in [0, 0.1) is 13.8 Å². The molecule has 0 saturated heterocycles. The van der Waals surface area contributed by atoms with E-state index in [1.165, 1.54) is 18.5 Å². The molecule has 0 aliphatic rings. The molecule has 2 aromatic carbocycles. The number of aromatic nitrogens is 1. The molecule has 0 fully saturated rings. The van der Waals surface area contributed by atoms with E-state index in [9.17, 15) is 9.59 Å². The van der Waals surface area contributed by atoms with Crippen LogP contribution in [0.25, 0.3) is 0 Å². The Morgan fingerprint density at radius 3 is 2.10 bits per heavy atom. The van der Waals surface area contributed by atoms with E-state index in [-0.39, 0.29) is 11.8 Å². The first kappa shape index (κ1) is 20.1. The van der Waals surface area contributed by atoms with Crippen LogP contribution in [0.3, 0.4) is 0 Å². The van der Waals surface area contributed by atoms with E-state index in [1.54, 1.807) is 0 Å². The number of anilines is 3. The number of pyridine rings is 1. The van der Waals surface area contributed by atoms with Gasteiger partial charge in [-0.25, -0.2) is 0 Å². The van der Waals surface area contributed by atoms with Gasteiger partial charge in [-0.1, -0.05) is 12.1 Å². The number of hydrogen-bond acceptors (Lipinski definition) is 4. The van der Waals surface area contributed by atoms with Gasteiger partial charge in [-0.3, -0.25) is 14.6 Å². The second kappa shape index (κ2) is 8.56. The Hall–Kier alpha value is -3.67. The molecule has 0 unspecified atom stereocenters. The van der Waals surface area contributed by atoms with Crippen LogP contribution in [0.4, 0.5) is 17.1 Å². The second-order valence-electron chi connectivity index (χ2n) is 7.06. The maximum Gasteiger partial charge on any atom is 0.257 e. The molecule has 0 atom stereocenters. The van der Waals surface area contributed by atoms with Gasteiger partial charge in [0, 0.05) is 43.6 Å². The highest BCUT2D eigenvalue weighted by atomic mass is 16.2. The van der Waals surface area contributed by atoms with E-state index in [2.05, 4.69) is 15.6 Å². The van der Waals surface area contributed by atoms with Crippen molar-refractivity contribution < 1.29 is 9.59 Å². The van der Waals surface area contributed by atoms with Gasteiger partial charge >= 0.3 is 0 Å². The maximum atomic E-state index is 12.6. The summed E-state index contributed by atoms with van der Waals surface area (Å²) in [6, 6.07) is 14.8. The van der Waals surface area contributed by atoms with E-state index >= 15 is 0 Å². The fourth-order valence-electron chi connectivity index (χ4n) is 2.82. The number of hydrogen-bond donors (Lipinski definition) is 2. The zero-order chi connectivity index (χ0) is 21.0. The van der Waals surface area contributed by atoms with Crippen molar-refractivity contribution in [3.63, 3.8) is 0 Å². The topological polar surface area (TPSA) is 74.3 Å². The molecule has 3 aromatic rings. The van der Waals surface area contributed by atoms with Gasteiger partial charge in [0.25, 0.3) is 11.8 Å². The average Bonchev–Trinajstić information content (AvgIpc) is 2.72. The third-order valence-corrected chi connectivity index (χ3v) is 4.76. The van der Waals surface area contributed by atoms with Gasteiger partial charge in [0.2, 0.25) is 0 Å². The molecule has 6 heteroatoms. The number of aryl methyl sites for hydroxylation is 1. The Bertz CT molecular complexity index is 1040. The molecule has 6 nitrogen and oxygen atoms in total. The van der Waals surface area contributed by atoms with Crippen molar-refractivity contribution in [1.29, 1.82) is 0 Å². The van der Waals surface area contributed by atoms with Crippen LogP contribution in [0.2, 0.25) is 0 Å². The van der Waals surface area contributed by atoms with Crippen LogP contribution < -0.4 is 15.5 Å². The van der Waals surface area contributed by atoms with Crippen molar-refractivity contribution in [1.82, 2.24) is 4.98 Å². The van der Waals surface area contributed by atoms with Gasteiger partial charge in [0.1, 0.15) is 0 Å². The van der Waals surface area contributed by atoms with Crippen LogP contribution in [-0.4, -0.2) is 30.9 Å². The first-order valence-electron chi connectivity index (χ1n) is 9.26. The summed E-state index contributed by atoms with van der Waals surface area (Å²) in [4.78, 5) is 31.2. The minimum absolute atomic E-state index is 0.309. The van der Waals surface area contributed by atoms with Crippen molar-refractivity contribution in [2.24, 2.45) is 0 Å². The summed E-state index contributed by atoms with van der Waals surface area (Å²) in [7, 11) is 3.90. The number of carbonyl (C=O) groups is 2. The standard InChI is InChI=1S/C23H24N4O2/c1-15-6-5-7-21(16(15)2)26-23(29)18-12-17(13-24-14-18)22(28)25-19-8-10-20(11-9-19)27(3)4/h5-14H,1-4H3,(H,25,28)(H,26,29). The van der Waals surface area contributed by atoms with Gasteiger partial charge in [-0.05, 0) is 61.4 Å². The fraction of sp³-hybridized carbons (Fsp3) is 0.174. The summed E-state index contributed by atoms with van der Waals surface area (Å²) in [6.45, 7) is 3.94. The molecule has 0 spiro atoms. The highest BCUT2D eigenvalue weighted by molar-refractivity contribution is 6.08. The third kappa shape index (κ3) is 4.79. The second-order valence-corrected chi connectivity index (χ2v) is 7.06. The Kier molecular flexibility index (Phi) is 5.93. The molecule has 0 aliphatic carbocycles. The molecule has 1 aromatic heterocycles. The van der Waals surface area contributed by atoms with Gasteiger partial charge < -0.3 is 15.5 Å². The Morgan fingerprint density at radius 1 is 0.862 bits per heavy atom. The molecule has 3 rings (SSSR count). The largest absolute Gasteiger partial charge is 0.378 e. The number of nitrogens with one attached hydrogen (secondary N) is 2. The quantitative estimate of drug-likeness (QED) is 0.685. The van der Waals surface area contributed by atoms with Crippen LogP contribution >= 0.6 is 0 Å². The van der Waals surface area contributed by atoms with E-state index in [0.717, 1.165) is 22.5 Å². The Morgan fingerprint density at radius 2 is 1.48 bits per heavy atom. The van der Waals surface area contributed by atoms with Crippen LogP contribution in [0.5, 0.6) is 0 Å². The van der Waals surface area contributed by atoms with Crippen LogP contribution in [-0.2, 0) is 0 Å². The van der Waals surface area contributed by atoms with Crippen LogP contribution in [0.15, 0.2) is 60.9 Å². The van der Waals surface area contributed by atoms with Gasteiger partial charge in [-0.2, -0.15) is 0 Å². The summed E-state index contributed by atoms with van der Waals surface area (Å²) in [6.07, 6.45) is 2.89. The smallest absolute Gasteiger partial charge is 0.257 e. The summed E-state index contributed by atoms with van der Waals surface area (Å²) in [5.41, 5.74) is 5.18. The van der Waals surface area contributed by atoms with Crippen LogP contribution in [0.1, 0.15) is 31.8 Å². The lowest BCUT2D eigenvalue weighted by Crippen LogP contribution is -2.17. The molecule has 0 aliphatic heterocycles. The summed E-state index contributed by atoms with van der Waals surface area (Å²) in [5.74, 6) is -0.632. The summed E-state index contributed by atoms with van der Waals surface area (Å²) in [5, 5.41) is 5.71. The predicted octanol–water partition coefficient (Wildman–Crippen LogP) is 4.27. The predicted molar refractivity (Wildman–Crippen MR) is 117 cm³/mol. The zero-order valence-electron chi connectivity index (χ0n) is 17.0. The first-order chi connectivity index (χ1) is 13.8. The lowest BCUT2D eigenvalue weighted by atomic mass is 10.1. The first-order valence-corrected chi connectivity index (χ1v) is 9.26. The minimum atomic E-state index is -0.323. The fourth-order valence-corrected chi connectivity index (χ4v) is 2.82. The Balaban J connectivity index is 1.73. The highest BCUT2D eigenvalue weighted by Crippen LogP contribution is 2.19. The normalized spacial score (nSPS) is 10.3. The minimum Gasteiger partial charge on any atom is -0.378 e. The SMILES string of the molecule is Cc1cccc(NC(=O)c2cncc(C(=O)Nc3ccc(N(C)C)cc3)c2)c1C. The monoisotopic (exact) mass is 388 g/mol. The number of rotatable bonds is 5. The number of carbonyl (C=O) groups excluding carboxylic acids is 2. The van der Waals surface area contributed by atoms with Crippen molar-refractivity contribution in [2.45, 2.75) is 13.8 Å². The molecular formula is C23H24N4O2. The number of amides is 2. The number of benzene rings is 2. The lowest BCUT2D eigenvalue weighted by molar-refractivity contribution is 0.102. The van der Waals surface area contributed by atoms with Crippen molar-refractivity contribution in [3.05, 3.63) is 83.2 Å². The summed E-state index contributed by atoms with van der Waals surface area (Å²) >= 11 is 0. The lowest BCUT2D eigenvalue weighted by Gasteiger charge is -2.13. The van der Waals surface area contributed by atoms with E-state index in [1.807, 2.05) is 75.3 Å². The van der Waals surface area contributed by atoms with Gasteiger partial charge in [-0.15, -0.1) is 0 Å². The van der Waals surface area contributed by atoms with E-state index in [0.29, 0.717) is 16.8 Å². The molecule has 0 saturated carbocycles. The summed E-state index contributed by atoms with van der Waals surface area (Å²) < 4.78 is 0. The molecule has 148 valence electrons. The molecule has 29 heavy (non-hydrogen) atoms. The van der Waals surface area contributed by atoms with Gasteiger partial charge in [0.05, 0.1) is 11.1 Å². The zero-order valence-corrected chi connectivity index (χ0v) is 17.0. The average molecular weight is 388 g/mol. The maximum absolute atomic E-state index is 12.6. The van der Waals surface area contributed by atoms with Crippen molar-refractivity contribution in [3.8, 4) is 0 Å². The molecule has 0 radical (unpaired) electrons. The van der Waals surface area contributed by atoms with E-state index in [4.69, 9.17) is 0 Å². The number of nitrogens with zero attached hydrogens (tertiary/aromatic N) is 2. The Labute approximate surface area is 170 Å². The highest BCUT2D eigenvalue weighted by Gasteiger charge is 2.13.